The zero-order valence-electron chi connectivity index (χ0n) is 8.70. The zero-order valence-corrected chi connectivity index (χ0v) is 8.70. The average molecular weight is 235 g/mol. The van der Waals surface area contributed by atoms with Crippen molar-refractivity contribution in [2.75, 3.05) is 0 Å². The molecule has 2 rings (SSSR count). The van der Waals surface area contributed by atoms with Crippen LogP contribution in [0.25, 0.3) is 0 Å². The summed E-state index contributed by atoms with van der Waals surface area (Å²) in [6.07, 6.45) is 1.38. The highest BCUT2D eigenvalue weighted by Crippen LogP contribution is 2.22. The Morgan fingerprint density at radius 1 is 0.824 bits per heavy atom. The van der Waals surface area contributed by atoms with Crippen LogP contribution in [0.4, 0.5) is 18.9 Å². The van der Waals surface area contributed by atoms with Gasteiger partial charge >= 0.3 is 0 Å². The molecule has 0 aliphatic rings. The molecule has 0 fully saturated rings. The number of hydrogen-bond acceptors (Lipinski definition) is 1. The smallest absolute Gasteiger partial charge is 0.196 e. The SMILES string of the molecule is Fc1ccc(/N=C/c2ccccc2)c(F)c1F. The van der Waals surface area contributed by atoms with E-state index in [1.807, 2.05) is 6.07 Å². The normalized spacial score (nSPS) is 11.0. The van der Waals surface area contributed by atoms with Crippen LogP contribution < -0.4 is 0 Å². The minimum absolute atomic E-state index is 0.229. The molecule has 0 radical (unpaired) electrons. The lowest BCUT2D eigenvalue weighted by Gasteiger charge is -1.99. The summed E-state index contributed by atoms with van der Waals surface area (Å²) in [6.45, 7) is 0. The van der Waals surface area contributed by atoms with Crippen LogP contribution in [0, 0.1) is 17.5 Å². The first-order valence-corrected chi connectivity index (χ1v) is 4.91. The Labute approximate surface area is 96.2 Å². The van der Waals surface area contributed by atoms with Gasteiger partial charge in [0, 0.05) is 6.21 Å². The van der Waals surface area contributed by atoms with E-state index in [4.69, 9.17) is 0 Å². The Hall–Kier alpha value is -2.10. The third kappa shape index (κ3) is 2.53. The molecule has 2 aromatic carbocycles. The molecule has 0 spiro atoms. The summed E-state index contributed by atoms with van der Waals surface area (Å²) >= 11 is 0. The highest BCUT2D eigenvalue weighted by molar-refractivity contribution is 5.81. The van der Waals surface area contributed by atoms with Gasteiger partial charge in [-0.05, 0) is 17.7 Å². The Balaban J connectivity index is 2.31. The van der Waals surface area contributed by atoms with Crippen LogP contribution in [0.5, 0.6) is 0 Å². The Kier molecular flexibility index (Phi) is 3.23. The van der Waals surface area contributed by atoms with Crippen molar-refractivity contribution in [3.63, 3.8) is 0 Å². The fraction of sp³-hybridized carbons (Fsp3) is 0. The Bertz CT molecular complexity index is 550. The van der Waals surface area contributed by atoms with Gasteiger partial charge in [-0.25, -0.2) is 13.2 Å². The molecular weight excluding hydrogens is 227 g/mol. The lowest BCUT2D eigenvalue weighted by atomic mass is 10.2. The lowest BCUT2D eigenvalue weighted by molar-refractivity contribution is 0.448. The van der Waals surface area contributed by atoms with Crippen molar-refractivity contribution in [1.82, 2.24) is 0 Å². The van der Waals surface area contributed by atoms with Crippen LogP contribution in [0.15, 0.2) is 47.5 Å². The highest BCUT2D eigenvalue weighted by atomic mass is 19.2. The second-order valence-corrected chi connectivity index (χ2v) is 3.36. The van der Waals surface area contributed by atoms with Gasteiger partial charge in [-0.1, -0.05) is 30.3 Å². The summed E-state index contributed by atoms with van der Waals surface area (Å²) < 4.78 is 38.8. The van der Waals surface area contributed by atoms with Crippen LogP contribution in [0.1, 0.15) is 5.56 Å². The first kappa shape index (κ1) is 11.4. The summed E-state index contributed by atoms with van der Waals surface area (Å²) in [5.41, 5.74) is 0.518. The maximum Gasteiger partial charge on any atom is 0.196 e. The Morgan fingerprint density at radius 2 is 1.53 bits per heavy atom. The molecule has 0 atom stereocenters. The number of aliphatic imine (C=N–C) groups is 1. The second-order valence-electron chi connectivity index (χ2n) is 3.36. The summed E-state index contributed by atoms with van der Waals surface area (Å²) in [6, 6.07) is 10.9. The molecule has 0 N–H and O–H groups in total. The van der Waals surface area contributed by atoms with Crippen LogP contribution in [0.3, 0.4) is 0 Å². The minimum Gasteiger partial charge on any atom is -0.253 e. The van der Waals surface area contributed by atoms with Crippen LogP contribution in [-0.4, -0.2) is 6.21 Å². The summed E-state index contributed by atoms with van der Waals surface area (Å²) in [5, 5.41) is 0. The lowest BCUT2D eigenvalue weighted by Crippen LogP contribution is -1.90. The number of rotatable bonds is 2. The van der Waals surface area contributed by atoms with E-state index in [0.717, 1.165) is 17.7 Å². The second kappa shape index (κ2) is 4.82. The molecule has 86 valence electrons. The third-order valence-corrected chi connectivity index (χ3v) is 2.17. The van der Waals surface area contributed by atoms with Crippen molar-refractivity contribution in [2.24, 2.45) is 4.99 Å². The van der Waals surface area contributed by atoms with E-state index in [1.54, 1.807) is 24.3 Å². The van der Waals surface area contributed by atoms with Crippen molar-refractivity contribution in [2.45, 2.75) is 0 Å². The monoisotopic (exact) mass is 235 g/mol. The number of benzene rings is 2. The molecule has 1 nitrogen and oxygen atoms in total. The van der Waals surface area contributed by atoms with Crippen LogP contribution in [0.2, 0.25) is 0 Å². The van der Waals surface area contributed by atoms with E-state index in [1.165, 1.54) is 6.21 Å². The van der Waals surface area contributed by atoms with E-state index in [2.05, 4.69) is 4.99 Å². The quantitative estimate of drug-likeness (QED) is 0.553. The highest BCUT2D eigenvalue weighted by Gasteiger charge is 2.11. The van der Waals surface area contributed by atoms with Crippen LogP contribution in [-0.2, 0) is 0 Å². The molecule has 0 aromatic heterocycles. The van der Waals surface area contributed by atoms with E-state index < -0.39 is 17.5 Å². The fourth-order valence-corrected chi connectivity index (χ4v) is 1.30. The third-order valence-electron chi connectivity index (χ3n) is 2.17. The van der Waals surface area contributed by atoms with Gasteiger partial charge in [0.25, 0.3) is 0 Å². The average Bonchev–Trinajstić information content (AvgIpc) is 2.36. The first-order valence-electron chi connectivity index (χ1n) is 4.91. The van der Waals surface area contributed by atoms with Gasteiger partial charge in [0.05, 0.1) is 0 Å². The fourth-order valence-electron chi connectivity index (χ4n) is 1.30. The van der Waals surface area contributed by atoms with E-state index in [0.29, 0.717) is 0 Å². The van der Waals surface area contributed by atoms with E-state index in [-0.39, 0.29) is 5.69 Å². The van der Waals surface area contributed by atoms with Crippen molar-refractivity contribution in [3.05, 3.63) is 65.5 Å². The molecule has 0 amide bonds. The predicted molar refractivity (Wildman–Crippen MR) is 60.0 cm³/mol. The molecule has 0 aliphatic carbocycles. The van der Waals surface area contributed by atoms with Crippen molar-refractivity contribution >= 4 is 11.9 Å². The molecular formula is C13H8F3N. The molecule has 0 saturated carbocycles. The van der Waals surface area contributed by atoms with Gasteiger partial charge < -0.3 is 0 Å². The molecule has 0 heterocycles. The maximum atomic E-state index is 13.2. The van der Waals surface area contributed by atoms with Gasteiger partial charge in [0.2, 0.25) is 0 Å². The minimum atomic E-state index is -1.51. The molecule has 0 unspecified atom stereocenters. The van der Waals surface area contributed by atoms with Gasteiger partial charge in [-0.2, -0.15) is 0 Å². The molecule has 4 heteroatoms. The molecule has 17 heavy (non-hydrogen) atoms. The van der Waals surface area contributed by atoms with Crippen LogP contribution >= 0.6 is 0 Å². The molecule has 0 saturated heterocycles. The molecule has 0 aliphatic heterocycles. The molecule has 2 aromatic rings. The largest absolute Gasteiger partial charge is 0.253 e. The number of halogens is 3. The van der Waals surface area contributed by atoms with E-state index >= 15 is 0 Å². The van der Waals surface area contributed by atoms with E-state index in [9.17, 15) is 13.2 Å². The summed E-state index contributed by atoms with van der Waals surface area (Å²) in [5.74, 6) is -4.01. The molecule has 0 bridgehead atoms. The van der Waals surface area contributed by atoms with Crippen molar-refractivity contribution in [1.29, 1.82) is 0 Å². The zero-order chi connectivity index (χ0) is 12.3. The standard InChI is InChI=1S/C13H8F3N/c14-10-6-7-11(13(16)12(10)15)17-8-9-4-2-1-3-5-9/h1-8H/b17-8+. The topological polar surface area (TPSA) is 12.4 Å². The first-order chi connectivity index (χ1) is 8.18. The maximum absolute atomic E-state index is 13.2. The predicted octanol–water partition coefficient (Wildman–Crippen LogP) is 3.85. The number of hydrogen-bond donors (Lipinski definition) is 0. The number of nitrogens with zero attached hydrogens (tertiary/aromatic N) is 1. The van der Waals surface area contributed by atoms with Crippen molar-refractivity contribution in [3.8, 4) is 0 Å². The van der Waals surface area contributed by atoms with Crippen molar-refractivity contribution < 1.29 is 13.2 Å². The summed E-state index contributed by atoms with van der Waals surface area (Å²) in [4.78, 5) is 3.77. The van der Waals surface area contributed by atoms with Gasteiger partial charge in [0.15, 0.2) is 17.5 Å². The Morgan fingerprint density at radius 3 is 2.24 bits per heavy atom. The summed E-state index contributed by atoms with van der Waals surface area (Å²) in [7, 11) is 0. The van der Waals surface area contributed by atoms with Gasteiger partial charge in [0.1, 0.15) is 5.69 Å². The van der Waals surface area contributed by atoms with Gasteiger partial charge in [-0.3, -0.25) is 4.99 Å². The van der Waals surface area contributed by atoms with Gasteiger partial charge in [-0.15, -0.1) is 0 Å².